The van der Waals surface area contributed by atoms with Gasteiger partial charge in [-0.3, -0.25) is 14.4 Å². The van der Waals surface area contributed by atoms with Gasteiger partial charge in [-0.15, -0.1) is 11.3 Å². The van der Waals surface area contributed by atoms with Gasteiger partial charge in [-0.2, -0.15) is 0 Å². The molecule has 1 aromatic heterocycles. The quantitative estimate of drug-likeness (QED) is 0.646. The number of rotatable bonds is 9. The largest absolute Gasteiger partial charge is 0.481 e. The number of carboxylic acid groups (broad SMARTS) is 1. The van der Waals surface area contributed by atoms with E-state index in [0.717, 1.165) is 11.3 Å². The van der Waals surface area contributed by atoms with Crippen LogP contribution < -0.4 is 10.6 Å². The lowest BCUT2D eigenvalue weighted by atomic mass is 10.0. The number of carbonyl (C=O) groups excluding carboxylic acids is 2. The molecular formula is C15H22N2O4S. The Labute approximate surface area is 133 Å². The highest BCUT2D eigenvalue weighted by atomic mass is 32.1. The second-order valence-electron chi connectivity index (χ2n) is 5.10. The molecule has 0 spiro atoms. The van der Waals surface area contributed by atoms with Gasteiger partial charge in [-0.25, -0.2) is 0 Å². The summed E-state index contributed by atoms with van der Waals surface area (Å²) < 4.78 is 0. The summed E-state index contributed by atoms with van der Waals surface area (Å²) in [5, 5.41) is 16.3. The van der Waals surface area contributed by atoms with Crippen molar-refractivity contribution in [2.75, 3.05) is 6.54 Å². The molecule has 1 rings (SSSR count). The van der Waals surface area contributed by atoms with E-state index in [9.17, 15) is 14.4 Å². The number of amides is 2. The highest BCUT2D eigenvalue weighted by Crippen LogP contribution is 2.22. The minimum absolute atomic E-state index is 0.0958. The molecule has 22 heavy (non-hydrogen) atoms. The van der Waals surface area contributed by atoms with Gasteiger partial charge in [0.1, 0.15) is 0 Å². The molecule has 3 N–H and O–H groups in total. The van der Waals surface area contributed by atoms with Crippen LogP contribution in [0.2, 0.25) is 0 Å². The normalized spacial score (nSPS) is 13.2. The molecule has 0 aliphatic rings. The van der Waals surface area contributed by atoms with E-state index in [1.54, 1.807) is 0 Å². The van der Waals surface area contributed by atoms with Gasteiger partial charge in [0, 0.05) is 18.3 Å². The molecule has 0 aliphatic heterocycles. The zero-order valence-electron chi connectivity index (χ0n) is 12.8. The fraction of sp³-hybridized carbons (Fsp3) is 0.533. The van der Waals surface area contributed by atoms with E-state index >= 15 is 0 Å². The highest BCUT2D eigenvalue weighted by molar-refractivity contribution is 7.10. The SMILES string of the molecule is CCCC(CNC(=O)CC(NC(C)=O)c1cccs1)C(=O)O. The Bertz CT molecular complexity index is 502. The van der Waals surface area contributed by atoms with Gasteiger partial charge in [-0.05, 0) is 17.9 Å². The molecule has 2 atom stereocenters. The van der Waals surface area contributed by atoms with Crippen LogP contribution in [0.5, 0.6) is 0 Å². The molecule has 0 saturated heterocycles. The van der Waals surface area contributed by atoms with Crippen molar-refractivity contribution in [3.63, 3.8) is 0 Å². The third-order valence-corrected chi connectivity index (χ3v) is 4.17. The smallest absolute Gasteiger partial charge is 0.308 e. The second-order valence-corrected chi connectivity index (χ2v) is 6.08. The van der Waals surface area contributed by atoms with Crippen molar-refractivity contribution in [3.05, 3.63) is 22.4 Å². The second kappa shape index (κ2) is 9.19. The van der Waals surface area contributed by atoms with Crippen LogP contribution in [0, 0.1) is 5.92 Å². The van der Waals surface area contributed by atoms with Crippen LogP contribution in [0.3, 0.4) is 0 Å². The first-order chi connectivity index (χ1) is 10.4. The number of hydrogen-bond donors (Lipinski definition) is 3. The molecule has 2 unspecified atom stereocenters. The first-order valence-corrected chi connectivity index (χ1v) is 8.12. The highest BCUT2D eigenvalue weighted by Gasteiger charge is 2.20. The lowest BCUT2D eigenvalue weighted by Gasteiger charge is -2.17. The zero-order valence-corrected chi connectivity index (χ0v) is 13.6. The van der Waals surface area contributed by atoms with E-state index in [0.29, 0.717) is 6.42 Å². The molecule has 122 valence electrons. The van der Waals surface area contributed by atoms with E-state index < -0.39 is 11.9 Å². The van der Waals surface area contributed by atoms with Crippen LogP contribution in [0.1, 0.15) is 44.0 Å². The molecule has 6 nitrogen and oxygen atoms in total. The molecule has 0 fully saturated rings. The number of aliphatic carboxylic acids is 1. The summed E-state index contributed by atoms with van der Waals surface area (Å²) in [6.45, 7) is 3.42. The van der Waals surface area contributed by atoms with Gasteiger partial charge in [-0.1, -0.05) is 19.4 Å². The van der Waals surface area contributed by atoms with Gasteiger partial charge < -0.3 is 15.7 Å². The molecule has 0 aliphatic carbocycles. The summed E-state index contributed by atoms with van der Waals surface area (Å²) in [5.74, 6) is -1.95. The third-order valence-electron chi connectivity index (χ3n) is 3.19. The van der Waals surface area contributed by atoms with Crippen molar-refractivity contribution in [2.45, 2.75) is 39.2 Å². The lowest BCUT2D eigenvalue weighted by Crippen LogP contribution is -2.36. The Balaban J connectivity index is 2.56. The summed E-state index contributed by atoms with van der Waals surface area (Å²) in [6.07, 6.45) is 1.37. The van der Waals surface area contributed by atoms with Crippen molar-refractivity contribution >= 4 is 29.1 Å². The van der Waals surface area contributed by atoms with Crippen molar-refractivity contribution in [1.29, 1.82) is 0 Å². The topological polar surface area (TPSA) is 95.5 Å². The average molecular weight is 326 g/mol. The summed E-state index contributed by atoms with van der Waals surface area (Å²) >= 11 is 1.46. The third kappa shape index (κ3) is 6.26. The summed E-state index contributed by atoms with van der Waals surface area (Å²) in [6, 6.07) is 3.33. The van der Waals surface area contributed by atoms with Crippen LogP contribution in [-0.4, -0.2) is 29.4 Å². The van der Waals surface area contributed by atoms with Gasteiger partial charge in [0.2, 0.25) is 11.8 Å². The van der Waals surface area contributed by atoms with Crippen LogP contribution in [0.25, 0.3) is 0 Å². The van der Waals surface area contributed by atoms with Crippen LogP contribution in [0.4, 0.5) is 0 Å². The van der Waals surface area contributed by atoms with Gasteiger partial charge in [0.05, 0.1) is 18.4 Å². The van der Waals surface area contributed by atoms with Gasteiger partial charge in [0.15, 0.2) is 0 Å². The summed E-state index contributed by atoms with van der Waals surface area (Å²) in [7, 11) is 0. The van der Waals surface area contributed by atoms with E-state index in [2.05, 4.69) is 10.6 Å². The molecular weight excluding hydrogens is 304 g/mol. The number of carbonyl (C=O) groups is 3. The molecule has 0 radical (unpaired) electrons. The number of hydrogen-bond acceptors (Lipinski definition) is 4. The minimum atomic E-state index is -0.904. The molecule has 0 aromatic carbocycles. The molecule has 1 aromatic rings. The first-order valence-electron chi connectivity index (χ1n) is 7.24. The van der Waals surface area contributed by atoms with Gasteiger partial charge in [0.25, 0.3) is 0 Å². The molecule has 1 heterocycles. The first kappa shape index (κ1) is 18.2. The predicted octanol–water partition coefficient (Wildman–Crippen LogP) is 1.93. The number of carboxylic acids is 1. The summed E-state index contributed by atoms with van der Waals surface area (Å²) in [4.78, 5) is 35.2. The lowest BCUT2D eigenvalue weighted by molar-refractivity contribution is -0.142. The van der Waals surface area contributed by atoms with Crippen LogP contribution in [-0.2, 0) is 14.4 Å². The molecule has 7 heteroatoms. The Morgan fingerprint density at radius 3 is 2.59 bits per heavy atom. The van der Waals surface area contributed by atoms with E-state index in [1.165, 1.54) is 18.3 Å². The van der Waals surface area contributed by atoms with E-state index in [1.807, 2.05) is 24.4 Å². The van der Waals surface area contributed by atoms with Crippen molar-refractivity contribution < 1.29 is 19.5 Å². The Kier molecular flexibility index (Phi) is 7.59. The maximum Gasteiger partial charge on any atom is 0.308 e. The maximum atomic E-state index is 12.0. The number of nitrogens with one attached hydrogen (secondary N) is 2. The van der Waals surface area contributed by atoms with Crippen molar-refractivity contribution in [3.8, 4) is 0 Å². The predicted molar refractivity (Wildman–Crippen MR) is 84.5 cm³/mol. The monoisotopic (exact) mass is 326 g/mol. The van der Waals surface area contributed by atoms with Crippen molar-refractivity contribution in [1.82, 2.24) is 10.6 Å². The van der Waals surface area contributed by atoms with Crippen molar-refractivity contribution in [2.24, 2.45) is 5.92 Å². The zero-order chi connectivity index (χ0) is 16.5. The fourth-order valence-corrected chi connectivity index (χ4v) is 2.89. The molecule has 0 bridgehead atoms. The van der Waals surface area contributed by atoms with E-state index in [4.69, 9.17) is 5.11 Å². The average Bonchev–Trinajstić information content (AvgIpc) is 2.96. The molecule has 2 amide bonds. The Morgan fingerprint density at radius 2 is 2.09 bits per heavy atom. The summed E-state index contributed by atoms with van der Waals surface area (Å²) in [5.41, 5.74) is 0. The Morgan fingerprint density at radius 1 is 1.36 bits per heavy atom. The molecule has 0 saturated carbocycles. The maximum absolute atomic E-state index is 12.0. The van der Waals surface area contributed by atoms with Crippen LogP contribution in [0.15, 0.2) is 17.5 Å². The fourth-order valence-electron chi connectivity index (χ4n) is 2.11. The minimum Gasteiger partial charge on any atom is -0.481 e. The van der Waals surface area contributed by atoms with Crippen LogP contribution >= 0.6 is 11.3 Å². The standard InChI is InChI=1S/C15H22N2O4S/c1-3-5-11(15(20)21)9-16-14(19)8-12(17-10(2)18)13-6-4-7-22-13/h4,6-7,11-12H,3,5,8-9H2,1-2H3,(H,16,19)(H,17,18)(H,20,21). The Hall–Kier alpha value is -1.89. The van der Waals surface area contributed by atoms with Gasteiger partial charge >= 0.3 is 5.97 Å². The number of thiophene rings is 1. The van der Waals surface area contributed by atoms with E-state index in [-0.39, 0.29) is 30.8 Å².